The van der Waals surface area contributed by atoms with E-state index in [9.17, 15) is 9.59 Å². The van der Waals surface area contributed by atoms with Crippen molar-refractivity contribution in [2.45, 2.75) is 24.0 Å². The Morgan fingerprint density at radius 3 is 2.96 bits per heavy atom. The van der Waals surface area contributed by atoms with E-state index in [0.29, 0.717) is 23.8 Å². The lowest BCUT2D eigenvalue weighted by Gasteiger charge is -2.23. The van der Waals surface area contributed by atoms with Crippen LogP contribution in [0.4, 0.5) is 5.69 Å². The molecule has 0 aliphatic carbocycles. The van der Waals surface area contributed by atoms with Gasteiger partial charge in [-0.15, -0.1) is 5.10 Å². The van der Waals surface area contributed by atoms with Crippen LogP contribution in [0.3, 0.4) is 0 Å². The maximum atomic E-state index is 12.8. The van der Waals surface area contributed by atoms with E-state index in [1.165, 1.54) is 18.0 Å². The van der Waals surface area contributed by atoms with Gasteiger partial charge in [0, 0.05) is 12.2 Å². The van der Waals surface area contributed by atoms with Crippen LogP contribution in [0.1, 0.15) is 23.4 Å². The summed E-state index contributed by atoms with van der Waals surface area (Å²) >= 11 is 1.43. The predicted octanol–water partition coefficient (Wildman–Crippen LogP) is 2.22. The van der Waals surface area contributed by atoms with E-state index < -0.39 is 6.04 Å². The molecule has 1 aromatic carbocycles. The second-order valence-electron chi connectivity index (χ2n) is 6.25. The van der Waals surface area contributed by atoms with E-state index in [-0.39, 0.29) is 17.6 Å². The van der Waals surface area contributed by atoms with E-state index in [1.54, 1.807) is 33.8 Å². The SMILES string of the molecule is CSc1nnnn1-c1cccc(NC(=O)C2CCCN2C(=O)c2ccco2)c1. The van der Waals surface area contributed by atoms with Crippen molar-refractivity contribution in [1.82, 2.24) is 25.1 Å². The molecule has 1 aliphatic heterocycles. The highest BCUT2D eigenvalue weighted by atomic mass is 32.2. The fraction of sp³-hybridized carbons (Fsp3) is 0.278. The maximum Gasteiger partial charge on any atom is 0.290 e. The summed E-state index contributed by atoms with van der Waals surface area (Å²) in [6, 6.07) is 9.99. The van der Waals surface area contributed by atoms with Crippen molar-refractivity contribution < 1.29 is 14.0 Å². The van der Waals surface area contributed by atoms with Gasteiger partial charge in [-0.05, 0) is 59.9 Å². The number of likely N-dealkylation sites (tertiary alicyclic amines) is 1. The monoisotopic (exact) mass is 398 g/mol. The smallest absolute Gasteiger partial charge is 0.290 e. The van der Waals surface area contributed by atoms with Crippen LogP contribution in [0.5, 0.6) is 0 Å². The number of tetrazole rings is 1. The molecule has 0 radical (unpaired) electrons. The number of carbonyl (C=O) groups excluding carboxylic acids is 2. The topological polar surface area (TPSA) is 106 Å². The quantitative estimate of drug-likeness (QED) is 0.657. The predicted molar refractivity (Wildman–Crippen MR) is 102 cm³/mol. The summed E-state index contributed by atoms with van der Waals surface area (Å²) in [6.07, 6.45) is 4.72. The van der Waals surface area contributed by atoms with Gasteiger partial charge in [-0.25, -0.2) is 0 Å². The lowest BCUT2D eigenvalue weighted by atomic mass is 10.2. The Hall–Kier alpha value is -3.14. The summed E-state index contributed by atoms with van der Waals surface area (Å²) < 4.78 is 6.79. The summed E-state index contributed by atoms with van der Waals surface area (Å²) in [5.74, 6) is -0.254. The molecule has 1 saturated heterocycles. The molecular weight excluding hydrogens is 380 g/mol. The van der Waals surface area contributed by atoms with Crippen molar-refractivity contribution in [2.24, 2.45) is 0 Å². The zero-order valence-electron chi connectivity index (χ0n) is 15.1. The summed E-state index contributed by atoms with van der Waals surface area (Å²) in [4.78, 5) is 27.0. The molecule has 144 valence electrons. The van der Waals surface area contributed by atoms with E-state index in [0.717, 1.165) is 12.1 Å². The summed E-state index contributed by atoms with van der Waals surface area (Å²) in [7, 11) is 0. The van der Waals surface area contributed by atoms with E-state index in [2.05, 4.69) is 20.8 Å². The van der Waals surface area contributed by atoms with Crippen LogP contribution in [-0.4, -0.2) is 55.8 Å². The molecule has 0 bridgehead atoms. The summed E-state index contributed by atoms with van der Waals surface area (Å²) in [5, 5.41) is 15.1. The first-order valence-electron chi connectivity index (χ1n) is 8.75. The molecule has 1 atom stereocenters. The van der Waals surface area contributed by atoms with Crippen molar-refractivity contribution in [3.8, 4) is 5.69 Å². The Morgan fingerprint density at radius 2 is 2.18 bits per heavy atom. The highest BCUT2D eigenvalue weighted by Gasteiger charge is 2.35. The van der Waals surface area contributed by atoms with Crippen LogP contribution in [0.15, 0.2) is 52.2 Å². The number of amides is 2. The molecule has 1 unspecified atom stereocenters. The van der Waals surface area contributed by atoms with Crippen molar-refractivity contribution in [2.75, 3.05) is 18.1 Å². The van der Waals surface area contributed by atoms with Crippen LogP contribution in [0, 0.1) is 0 Å². The molecule has 3 aromatic rings. The lowest BCUT2D eigenvalue weighted by molar-refractivity contribution is -0.119. The first-order valence-corrected chi connectivity index (χ1v) is 9.98. The van der Waals surface area contributed by atoms with Gasteiger partial charge >= 0.3 is 0 Å². The molecule has 1 aliphatic rings. The van der Waals surface area contributed by atoms with Gasteiger partial charge in [0.05, 0.1) is 12.0 Å². The number of benzene rings is 1. The van der Waals surface area contributed by atoms with Crippen molar-refractivity contribution in [3.05, 3.63) is 48.4 Å². The lowest BCUT2D eigenvalue weighted by Crippen LogP contribution is -2.43. The van der Waals surface area contributed by atoms with Crippen LogP contribution in [0.25, 0.3) is 5.69 Å². The van der Waals surface area contributed by atoms with Gasteiger partial charge in [0.2, 0.25) is 11.1 Å². The van der Waals surface area contributed by atoms with Crippen molar-refractivity contribution in [1.29, 1.82) is 0 Å². The Kier molecular flexibility index (Phi) is 5.11. The van der Waals surface area contributed by atoms with Crippen LogP contribution in [0.2, 0.25) is 0 Å². The highest BCUT2D eigenvalue weighted by Crippen LogP contribution is 2.23. The molecular formula is C18H18N6O3S. The number of furan rings is 1. The zero-order valence-corrected chi connectivity index (χ0v) is 15.9. The minimum atomic E-state index is -0.531. The second-order valence-corrected chi connectivity index (χ2v) is 7.02. The van der Waals surface area contributed by atoms with E-state index in [1.807, 2.05) is 18.4 Å². The number of hydrogen-bond acceptors (Lipinski definition) is 7. The minimum absolute atomic E-state index is 0.226. The Bertz CT molecular complexity index is 987. The molecule has 3 heterocycles. The Balaban J connectivity index is 1.50. The van der Waals surface area contributed by atoms with Gasteiger partial charge in [0.15, 0.2) is 5.76 Å². The molecule has 0 spiro atoms. The minimum Gasteiger partial charge on any atom is -0.459 e. The van der Waals surface area contributed by atoms with Gasteiger partial charge < -0.3 is 14.6 Å². The van der Waals surface area contributed by atoms with E-state index >= 15 is 0 Å². The van der Waals surface area contributed by atoms with Crippen molar-refractivity contribution >= 4 is 29.3 Å². The molecule has 4 rings (SSSR count). The molecule has 1 fully saturated rings. The Morgan fingerprint density at radius 1 is 1.29 bits per heavy atom. The van der Waals surface area contributed by atoms with Gasteiger partial charge in [0.1, 0.15) is 6.04 Å². The first-order chi connectivity index (χ1) is 13.7. The fourth-order valence-corrected chi connectivity index (χ4v) is 3.67. The molecule has 0 saturated carbocycles. The third-order valence-electron chi connectivity index (χ3n) is 4.53. The molecule has 2 amide bonds. The summed E-state index contributed by atoms with van der Waals surface area (Å²) in [6.45, 7) is 0.527. The average molecular weight is 398 g/mol. The summed E-state index contributed by atoms with van der Waals surface area (Å²) in [5.41, 5.74) is 1.35. The third kappa shape index (κ3) is 3.50. The standard InChI is InChI=1S/C18H18N6O3S/c1-28-18-20-21-22-24(18)13-6-2-5-12(11-13)19-16(25)14-7-3-9-23(14)17(26)15-8-4-10-27-15/h2,4-6,8,10-11,14H,3,7,9H2,1H3,(H,19,25). The normalized spacial score (nSPS) is 16.3. The molecule has 28 heavy (non-hydrogen) atoms. The number of carbonyl (C=O) groups is 2. The number of thioether (sulfide) groups is 1. The number of nitrogens with zero attached hydrogens (tertiary/aromatic N) is 5. The zero-order chi connectivity index (χ0) is 19.5. The third-order valence-corrected chi connectivity index (χ3v) is 5.15. The average Bonchev–Trinajstić information content (AvgIpc) is 3.48. The van der Waals surface area contributed by atoms with Gasteiger partial charge in [-0.2, -0.15) is 4.68 Å². The van der Waals surface area contributed by atoms with Crippen LogP contribution >= 0.6 is 11.8 Å². The molecule has 9 nitrogen and oxygen atoms in total. The first kappa shape index (κ1) is 18.2. The highest BCUT2D eigenvalue weighted by molar-refractivity contribution is 7.98. The van der Waals surface area contributed by atoms with Gasteiger partial charge in [0.25, 0.3) is 5.91 Å². The number of rotatable bonds is 5. The van der Waals surface area contributed by atoms with E-state index in [4.69, 9.17) is 4.42 Å². The fourth-order valence-electron chi connectivity index (χ4n) is 3.23. The Labute approximate surface area is 165 Å². The molecule has 1 N–H and O–H groups in total. The van der Waals surface area contributed by atoms with Gasteiger partial charge in [-0.1, -0.05) is 17.8 Å². The maximum absolute atomic E-state index is 12.8. The van der Waals surface area contributed by atoms with Crippen LogP contribution < -0.4 is 5.32 Å². The van der Waals surface area contributed by atoms with Crippen LogP contribution in [-0.2, 0) is 4.79 Å². The molecule has 10 heteroatoms. The molecule has 2 aromatic heterocycles. The largest absolute Gasteiger partial charge is 0.459 e. The van der Waals surface area contributed by atoms with Crippen molar-refractivity contribution in [3.63, 3.8) is 0 Å². The number of aromatic nitrogens is 4. The number of nitrogens with one attached hydrogen (secondary N) is 1. The second kappa shape index (κ2) is 7.85. The number of anilines is 1. The number of hydrogen-bond donors (Lipinski definition) is 1. The van der Waals surface area contributed by atoms with Gasteiger partial charge in [-0.3, -0.25) is 9.59 Å².